The second-order valence-electron chi connectivity index (χ2n) is 6.19. The Labute approximate surface area is 137 Å². The highest BCUT2D eigenvalue weighted by Crippen LogP contribution is 2.47. The zero-order chi connectivity index (χ0) is 16.1. The maximum atomic E-state index is 12.4. The van der Waals surface area contributed by atoms with Gasteiger partial charge in [0.1, 0.15) is 0 Å². The van der Waals surface area contributed by atoms with Crippen molar-refractivity contribution in [3.63, 3.8) is 0 Å². The first-order valence-electron chi connectivity index (χ1n) is 7.62. The summed E-state index contributed by atoms with van der Waals surface area (Å²) >= 11 is 5.80. The first-order valence-corrected chi connectivity index (χ1v) is 7.99. The maximum Gasteiger partial charge on any atom is 0.254 e. The Morgan fingerprint density at radius 2 is 1.70 bits per heavy atom. The van der Waals surface area contributed by atoms with Gasteiger partial charge in [0.2, 0.25) is 5.91 Å². The molecule has 7 heteroatoms. The predicted octanol–water partition coefficient (Wildman–Crippen LogP) is 1.08. The van der Waals surface area contributed by atoms with Gasteiger partial charge in [0.05, 0.1) is 30.5 Å². The fourth-order valence-electron chi connectivity index (χ4n) is 3.77. The molecule has 3 aliphatic heterocycles. The summed E-state index contributed by atoms with van der Waals surface area (Å²) in [5, 5.41) is 1.48. The number of hydrogen-bond acceptors (Lipinski definition) is 4. The summed E-state index contributed by atoms with van der Waals surface area (Å²) in [6, 6.07) is 6.85. The van der Waals surface area contributed by atoms with E-state index in [0.717, 1.165) is 23.4 Å². The Kier molecular flexibility index (Phi) is 3.39. The van der Waals surface area contributed by atoms with Crippen LogP contribution >= 0.6 is 11.6 Å². The topological polar surface area (TPSA) is 75.7 Å². The molecule has 0 aromatic heterocycles. The van der Waals surface area contributed by atoms with Gasteiger partial charge in [-0.2, -0.15) is 5.01 Å². The van der Waals surface area contributed by atoms with Crippen molar-refractivity contribution in [3.8, 4) is 0 Å². The molecule has 3 fully saturated rings. The molecule has 1 N–H and O–H groups in total. The van der Waals surface area contributed by atoms with Crippen molar-refractivity contribution < 1.29 is 19.1 Å². The second-order valence-corrected chi connectivity index (χ2v) is 6.63. The molecule has 0 unspecified atom stereocenters. The van der Waals surface area contributed by atoms with Crippen LogP contribution in [0, 0.1) is 11.8 Å². The number of nitrogens with zero attached hydrogens (tertiary/aromatic N) is 1. The van der Waals surface area contributed by atoms with Crippen molar-refractivity contribution in [1.82, 2.24) is 10.4 Å². The lowest BCUT2D eigenvalue weighted by atomic mass is 9.81. The summed E-state index contributed by atoms with van der Waals surface area (Å²) < 4.78 is 5.65. The second kappa shape index (κ2) is 5.32. The first kappa shape index (κ1) is 14.7. The normalized spacial score (nSPS) is 31.6. The molecule has 1 aromatic rings. The number of carbonyl (C=O) groups excluding carboxylic acids is 3. The third-order valence-corrected chi connectivity index (χ3v) is 5.05. The van der Waals surface area contributed by atoms with Gasteiger partial charge in [-0.1, -0.05) is 23.7 Å². The van der Waals surface area contributed by atoms with E-state index in [9.17, 15) is 14.4 Å². The number of hydrogen-bond donors (Lipinski definition) is 1. The molecule has 0 aliphatic carbocycles. The molecule has 23 heavy (non-hydrogen) atoms. The van der Waals surface area contributed by atoms with E-state index in [2.05, 4.69) is 5.43 Å². The lowest BCUT2D eigenvalue weighted by molar-refractivity contribution is -0.151. The average Bonchev–Trinajstić information content (AvgIpc) is 3.19. The van der Waals surface area contributed by atoms with Crippen molar-refractivity contribution in [1.29, 1.82) is 0 Å². The zero-order valence-electron chi connectivity index (χ0n) is 12.2. The highest BCUT2D eigenvalue weighted by Gasteiger charge is 2.62. The number of fused-ring (bicyclic) bond motifs is 5. The number of imide groups is 1. The lowest BCUT2D eigenvalue weighted by Crippen LogP contribution is -2.48. The number of hydrazine groups is 1. The Balaban J connectivity index is 1.44. The standard InChI is InChI=1S/C16H15ClN2O4/c17-9-3-1-8(2-4-9)7-12(20)18-19-15(21)13-10-5-6-11(23-10)14(13)16(19)22/h1-4,10-11,13-14H,5-7H2,(H,18,20)/t10-,11+,13-,14-/m0/s1. The molecule has 0 spiro atoms. The lowest BCUT2D eigenvalue weighted by Gasteiger charge is -2.18. The molecule has 3 heterocycles. The summed E-state index contributed by atoms with van der Waals surface area (Å²) in [5.74, 6) is -1.97. The van der Waals surface area contributed by atoms with E-state index < -0.39 is 17.7 Å². The molecule has 3 amide bonds. The average molecular weight is 335 g/mol. The smallest absolute Gasteiger partial charge is 0.254 e. The molecule has 4 atom stereocenters. The van der Waals surface area contributed by atoms with Crippen LogP contribution in [0.15, 0.2) is 24.3 Å². The summed E-state index contributed by atoms with van der Waals surface area (Å²) in [5.41, 5.74) is 3.20. The maximum absolute atomic E-state index is 12.4. The first-order chi connectivity index (χ1) is 11.0. The molecular formula is C16H15ClN2O4. The van der Waals surface area contributed by atoms with Crippen LogP contribution in [0.25, 0.3) is 0 Å². The van der Waals surface area contributed by atoms with E-state index in [1.54, 1.807) is 24.3 Å². The van der Waals surface area contributed by atoms with Crippen LogP contribution in [-0.2, 0) is 25.5 Å². The van der Waals surface area contributed by atoms with Crippen molar-refractivity contribution in [3.05, 3.63) is 34.9 Å². The number of nitrogens with one attached hydrogen (secondary N) is 1. The molecule has 1 aromatic carbocycles. The van der Waals surface area contributed by atoms with Gasteiger partial charge in [-0.3, -0.25) is 19.8 Å². The Hall–Kier alpha value is -1.92. The van der Waals surface area contributed by atoms with Gasteiger partial charge in [-0.15, -0.1) is 0 Å². The predicted molar refractivity (Wildman–Crippen MR) is 80.0 cm³/mol. The molecule has 4 rings (SSSR count). The molecule has 120 valence electrons. The minimum atomic E-state index is -0.433. The number of halogens is 1. The zero-order valence-corrected chi connectivity index (χ0v) is 13.0. The van der Waals surface area contributed by atoms with Crippen LogP contribution in [0.5, 0.6) is 0 Å². The summed E-state index contributed by atoms with van der Waals surface area (Å²) in [6.07, 6.45) is 1.32. The number of ether oxygens (including phenoxy) is 1. The van der Waals surface area contributed by atoms with Gasteiger partial charge < -0.3 is 4.74 Å². The molecule has 2 bridgehead atoms. The quantitative estimate of drug-likeness (QED) is 0.839. The fourth-order valence-corrected chi connectivity index (χ4v) is 3.90. The van der Waals surface area contributed by atoms with Crippen LogP contribution in [-0.4, -0.2) is 34.9 Å². The Morgan fingerprint density at radius 1 is 1.13 bits per heavy atom. The van der Waals surface area contributed by atoms with Crippen molar-refractivity contribution in [2.24, 2.45) is 11.8 Å². The highest BCUT2D eigenvalue weighted by atomic mass is 35.5. The van der Waals surface area contributed by atoms with Gasteiger partial charge in [-0.05, 0) is 30.5 Å². The third kappa shape index (κ3) is 2.33. The fraction of sp³-hybridized carbons (Fsp3) is 0.438. The highest BCUT2D eigenvalue weighted by molar-refractivity contribution is 6.30. The number of benzene rings is 1. The summed E-state index contributed by atoms with van der Waals surface area (Å²) in [6.45, 7) is 0. The minimum Gasteiger partial charge on any atom is -0.373 e. The minimum absolute atomic E-state index is 0.0763. The van der Waals surface area contributed by atoms with E-state index in [4.69, 9.17) is 16.3 Å². The largest absolute Gasteiger partial charge is 0.373 e. The SMILES string of the molecule is O=C(Cc1ccc(Cl)cc1)NN1C(=O)[C@@H]2[C@@H](C1=O)[C@H]1CC[C@@H]2O1. The van der Waals surface area contributed by atoms with Gasteiger partial charge in [-0.25, -0.2) is 0 Å². The van der Waals surface area contributed by atoms with E-state index >= 15 is 0 Å². The monoisotopic (exact) mass is 334 g/mol. The molecule has 0 radical (unpaired) electrons. The molecule has 6 nitrogen and oxygen atoms in total. The molecule has 0 saturated carbocycles. The van der Waals surface area contributed by atoms with Crippen LogP contribution in [0.1, 0.15) is 18.4 Å². The third-order valence-electron chi connectivity index (χ3n) is 4.80. The van der Waals surface area contributed by atoms with Crippen LogP contribution in [0.2, 0.25) is 5.02 Å². The Bertz CT molecular complexity index is 662. The van der Waals surface area contributed by atoms with Crippen molar-refractivity contribution in [2.45, 2.75) is 31.5 Å². The molecular weight excluding hydrogens is 320 g/mol. The van der Waals surface area contributed by atoms with Gasteiger partial charge >= 0.3 is 0 Å². The van der Waals surface area contributed by atoms with Crippen LogP contribution in [0.3, 0.4) is 0 Å². The summed E-state index contributed by atoms with van der Waals surface area (Å²) in [4.78, 5) is 36.9. The number of rotatable bonds is 3. The van der Waals surface area contributed by atoms with Gasteiger partial charge in [0.15, 0.2) is 0 Å². The summed E-state index contributed by atoms with van der Waals surface area (Å²) in [7, 11) is 0. The van der Waals surface area contributed by atoms with Gasteiger partial charge in [0, 0.05) is 5.02 Å². The van der Waals surface area contributed by atoms with Crippen molar-refractivity contribution >= 4 is 29.3 Å². The van der Waals surface area contributed by atoms with E-state index in [1.165, 1.54) is 0 Å². The van der Waals surface area contributed by atoms with E-state index in [-0.39, 0.29) is 30.4 Å². The van der Waals surface area contributed by atoms with Crippen LogP contribution in [0.4, 0.5) is 0 Å². The molecule has 3 aliphatic rings. The number of amides is 3. The van der Waals surface area contributed by atoms with E-state index in [1.807, 2.05) is 0 Å². The van der Waals surface area contributed by atoms with Crippen molar-refractivity contribution in [2.75, 3.05) is 0 Å². The van der Waals surface area contributed by atoms with Crippen LogP contribution < -0.4 is 5.43 Å². The number of carbonyl (C=O) groups is 3. The van der Waals surface area contributed by atoms with Gasteiger partial charge in [0.25, 0.3) is 11.8 Å². The van der Waals surface area contributed by atoms with E-state index in [0.29, 0.717) is 5.02 Å². The molecule has 3 saturated heterocycles. The Morgan fingerprint density at radius 3 is 2.26 bits per heavy atom.